The van der Waals surface area contributed by atoms with Crippen molar-refractivity contribution in [3.63, 3.8) is 0 Å². The summed E-state index contributed by atoms with van der Waals surface area (Å²) in [5.41, 5.74) is 4.01. The topological polar surface area (TPSA) is 83.4 Å². The van der Waals surface area contributed by atoms with E-state index < -0.39 is 17.7 Å². The molecule has 2 aromatic heterocycles. The van der Waals surface area contributed by atoms with E-state index in [0.717, 1.165) is 21.3 Å². The van der Waals surface area contributed by atoms with E-state index in [4.69, 9.17) is 4.98 Å². The molecule has 0 radical (unpaired) electrons. The minimum Gasteiger partial charge on any atom is -0.507 e. The molecule has 1 aliphatic rings. The Kier molecular flexibility index (Phi) is 4.83. The minimum atomic E-state index is -0.828. The lowest BCUT2D eigenvalue weighted by molar-refractivity contribution is -0.132. The zero-order chi connectivity index (χ0) is 22.4. The number of carbonyl (C=O) groups is 2. The van der Waals surface area contributed by atoms with Crippen molar-refractivity contribution in [2.45, 2.75) is 19.9 Å². The van der Waals surface area contributed by atoms with Crippen molar-refractivity contribution < 1.29 is 14.7 Å². The summed E-state index contributed by atoms with van der Waals surface area (Å²) in [5, 5.41) is 11.5. The Labute approximate surface area is 188 Å². The van der Waals surface area contributed by atoms with E-state index in [1.54, 1.807) is 48.8 Å². The maximum absolute atomic E-state index is 13.2. The number of thiazole rings is 1. The number of rotatable bonds is 3. The number of carbonyl (C=O) groups excluding carboxylic acids is 2. The third-order valence-corrected chi connectivity index (χ3v) is 6.52. The van der Waals surface area contributed by atoms with E-state index in [-0.39, 0.29) is 11.3 Å². The Bertz CT molecular complexity index is 1390. The summed E-state index contributed by atoms with van der Waals surface area (Å²) in [6.07, 6.45) is 3.22. The Morgan fingerprint density at radius 2 is 1.84 bits per heavy atom. The zero-order valence-corrected chi connectivity index (χ0v) is 18.3. The molecule has 5 rings (SSSR count). The van der Waals surface area contributed by atoms with E-state index in [2.05, 4.69) is 4.98 Å². The lowest BCUT2D eigenvalue weighted by atomic mass is 9.96. The van der Waals surface area contributed by atoms with Crippen LogP contribution in [0.3, 0.4) is 0 Å². The van der Waals surface area contributed by atoms with Crippen LogP contribution in [0.4, 0.5) is 5.13 Å². The lowest BCUT2D eigenvalue weighted by Crippen LogP contribution is -2.29. The summed E-state index contributed by atoms with van der Waals surface area (Å²) in [7, 11) is 0. The van der Waals surface area contributed by atoms with Crippen molar-refractivity contribution in [2.75, 3.05) is 4.90 Å². The first kappa shape index (κ1) is 20.1. The van der Waals surface area contributed by atoms with Crippen molar-refractivity contribution in [3.05, 3.63) is 94.8 Å². The quantitative estimate of drug-likeness (QED) is 0.277. The molecule has 1 atom stereocenters. The number of benzene rings is 2. The highest BCUT2D eigenvalue weighted by molar-refractivity contribution is 7.22. The molecule has 158 valence electrons. The van der Waals surface area contributed by atoms with Gasteiger partial charge in [0.05, 0.1) is 21.8 Å². The zero-order valence-electron chi connectivity index (χ0n) is 17.4. The lowest BCUT2D eigenvalue weighted by Gasteiger charge is -2.22. The number of anilines is 1. The Hall–Kier alpha value is -3.84. The summed E-state index contributed by atoms with van der Waals surface area (Å²) < 4.78 is 0.937. The second-order valence-electron chi connectivity index (χ2n) is 7.75. The van der Waals surface area contributed by atoms with Gasteiger partial charge in [-0.3, -0.25) is 19.5 Å². The van der Waals surface area contributed by atoms with Crippen molar-refractivity contribution in [3.8, 4) is 0 Å². The second-order valence-corrected chi connectivity index (χ2v) is 8.76. The normalized spacial score (nSPS) is 17.9. The molecule has 0 bridgehead atoms. The van der Waals surface area contributed by atoms with Gasteiger partial charge < -0.3 is 5.11 Å². The molecule has 4 aromatic rings. The van der Waals surface area contributed by atoms with Gasteiger partial charge in [0.2, 0.25) is 0 Å². The summed E-state index contributed by atoms with van der Waals surface area (Å²) >= 11 is 1.35. The van der Waals surface area contributed by atoms with E-state index in [1.807, 2.05) is 32.0 Å². The predicted octanol–water partition coefficient (Wildman–Crippen LogP) is 4.93. The van der Waals surface area contributed by atoms with Gasteiger partial charge in [-0.05, 0) is 42.7 Å². The van der Waals surface area contributed by atoms with Crippen LogP contribution >= 0.6 is 11.3 Å². The first-order chi connectivity index (χ1) is 15.5. The number of aliphatic hydroxyl groups excluding tert-OH is 1. The van der Waals surface area contributed by atoms with Crippen molar-refractivity contribution >= 4 is 44.1 Å². The molecular weight excluding hydrogens is 422 g/mol. The van der Waals surface area contributed by atoms with Crippen LogP contribution in [-0.4, -0.2) is 26.8 Å². The minimum absolute atomic E-state index is 0.0290. The summed E-state index contributed by atoms with van der Waals surface area (Å²) in [5.74, 6) is -1.68. The smallest absolute Gasteiger partial charge is 0.301 e. The number of hydrogen-bond donors (Lipinski definition) is 1. The second kappa shape index (κ2) is 7.69. The van der Waals surface area contributed by atoms with Gasteiger partial charge in [0.1, 0.15) is 5.76 Å². The fourth-order valence-corrected chi connectivity index (χ4v) is 5.26. The molecule has 7 heteroatoms. The van der Waals surface area contributed by atoms with Crippen molar-refractivity contribution in [2.24, 2.45) is 0 Å². The van der Waals surface area contributed by atoms with Gasteiger partial charge in [0.25, 0.3) is 5.78 Å². The van der Waals surface area contributed by atoms with Gasteiger partial charge in [-0.1, -0.05) is 53.8 Å². The number of aromatic nitrogens is 2. The van der Waals surface area contributed by atoms with Gasteiger partial charge in [-0.15, -0.1) is 0 Å². The van der Waals surface area contributed by atoms with E-state index in [0.29, 0.717) is 16.3 Å². The van der Waals surface area contributed by atoms with E-state index in [1.165, 1.54) is 16.2 Å². The van der Waals surface area contributed by atoms with E-state index >= 15 is 0 Å². The molecule has 2 aromatic carbocycles. The number of fused-ring (bicyclic) bond motifs is 1. The van der Waals surface area contributed by atoms with Crippen molar-refractivity contribution in [1.29, 1.82) is 0 Å². The molecule has 32 heavy (non-hydrogen) atoms. The van der Waals surface area contributed by atoms with Gasteiger partial charge in [0.15, 0.2) is 5.13 Å². The molecule has 1 aliphatic heterocycles. The third-order valence-electron chi connectivity index (χ3n) is 5.52. The average molecular weight is 442 g/mol. The Morgan fingerprint density at radius 1 is 1.06 bits per heavy atom. The van der Waals surface area contributed by atoms with Crippen LogP contribution in [0.1, 0.15) is 28.3 Å². The number of aliphatic hydroxyl groups is 1. The monoisotopic (exact) mass is 441 g/mol. The highest BCUT2D eigenvalue weighted by Gasteiger charge is 2.48. The van der Waals surface area contributed by atoms with Crippen LogP contribution in [0.5, 0.6) is 0 Å². The number of amides is 1. The molecule has 1 amide bonds. The Balaban J connectivity index is 1.74. The van der Waals surface area contributed by atoms with Crippen LogP contribution in [-0.2, 0) is 9.59 Å². The highest BCUT2D eigenvalue weighted by Crippen LogP contribution is 2.44. The maximum Gasteiger partial charge on any atom is 0.301 e. The van der Waals surface area contributed by atoms with Gasteiger partial charge in [-0.25, -0.2) is 4.98 Å². The summed E-state index contributed by atoms with van der Waals surface area (Å²) in [4.78, 5) is 36.7. The molecular formula is C25H19N3O3S. The number of hydrogen-bond acceptors (Lipinski definition) is 6. The first-order valence-electron chi connectivity index (χ1n) is 10.1. The molecule has 6 nitrogen and oxygen atoms in total. The third kappa shape index (κ3) is 3.18. The molecule has 0 unspecified atom stereocenters. The van der Waals surface area contributed by atoms with Gasteiger partial charge >= 0.3 is 5.91 Å². The SMILES string of the molecule is Cc1cc(C)c2nc(N3C(=O)C(=O)C(=C(O)c4ccccc4)[C@H]3c3cccnc3)sc2c1. The molecule has 1 fully saturated rings. The Morgan fingerprint density at radius 3 is 2.56 bits per heavy atom. The molecule has 1 N–H and O–H groups in total. The molecule has 0 aliphatic carbocycles. The van der Waals surface area contributed by atoms with Crippen LogP contribution in [0, 0.1) is 13.8 Å². The number of aryl methyl sites for hydroxylation is 2. The number of nitrogens with zero attached hydrogens (tertiary/aromatic N) is 3. The average Bonchev–Trinajstić information content (AvgIpc) is 3.33. The molecule has 0 spiro atoms. The van der Waals surface area contributed by atoms with Crippen LogP contribution < -0.4 is 4.90 Å². The number of ketones is 1. The van der Waals surface area contributed by atoms with E-state index in [9.17, 15) is 14.7 Å². The predicted molar refractivity (Wildman–Crippen MR) is 125 cm³/mol. The first-order valence-corrected chi connectivity index (χ1v) is 10.9. The fraction of sp³-hybridized carbons (Fsp3) is 0.120. The molecule has 3 heterocycles. The fourth-order valence-electron chi connectivity index (χ4n) is 4.10. The van der Waals surface area contributed by atoms with Crippen LogP contribution in [0.15, 0.2) is 72.6 Å². The van der Waals surface area contributed by atoms with Crippen LogP contribution in [0.2, 0.25) is 0 Å². The molecule has 1 saturated heterocycles. The van der Waals surface area contributed by atoms with Crippen molar-refractivity contribution in [1.82, 2.24) is 9.97 Å². The molecule has 0 saturated carbocycles. The summed E-state index contributed by atoms with van der Waals surface area (Å²) in [6, 6.07) is 15.5. The van der Waals surface area contributed by atoms with Crippen LogP contribution in [0.25, 0.3) is 16.0 Å². The highest BCUT2D eigenvalue weighted by atomic mass is 32.1. The summed E-state index contributed by atoms with van der Waals surface area (Å²) in [6.45, 7) is 3.98. The number of pyridine rings is 1. The standard InChI is InChI=1S/C25H19N3O3S/c1-14-11-15(2)20-18(12-14)32-25(27-20)28-21(17-9-6-10-26-13-17)19(23(30)24(28)31)22(29)16-7-4-3-5-8-16/h3-13,21,29H,1-2H3/t21-/m1/s1. The largest absolute Gasteiger partial charge is 0.507 e. The maximum atomic E-state index is 13.2. The van der Waals surface area contributed by atoms with Gasteiger partial charge in [0, 0.05) is 18.0 Å². The number of Topliss-reactive ketones (excluding diaryl/α,β-unsaturated/α-hetero) is 1. The van der Waals surface area contributed by atoms with Gasteiger partial charge in [-0.2, -0.15) is 0 Å².